The fourth-order valence-corrected chi connectivity index (χ4v) is 3.58. The third kappa shape index (κ3) is 2.69. The molecule has 1 aliphatic carbocycles. The molecule has 100 valence electrons. The van der Waals surface area contributed by atoms with Crippen molar-refractivity contribution in [1.29, 1.82) is 0 Å². The lowest BCUT2D eigenvalue weighted by Gasteiger charge is -2.17. The summed E-state index contributed by atoms with van der Waals surface area (Å²) in [5.41, 5.74) is 0.896. The maximum absolute atomic E-state index is 12.3. The van der Waals surface area contributed by atoms with Gasteiger partial charge in [0.15, 0.2) is 0 Å². The summed E-state index contributed by atoms with van der Waals surface area (Å²) in [6, 6.07) is 5.06. The van der Waals surface area contributed by atoms with E-state index in [-0.39, 0.29) is 10.9 Å². The largest absolute Gasteiger partial charge is 0.316 e. The van der Waals surface area contributed by atoms with Crippen LogP contribution in [0.15, 0.2) is 23.1 Å². The average molecular weight is 289 g/mol. The molecule has 18 heavy (non-hydrogen) atoms. The van der Waals surface area contributed by atoms with Crippen molar-refractivity contribution in [1.82, 2.24) is 9.62 Å². The van der Waals surface area contributed by atoms with E-state index < -0.39 is 10.0 Å². The summed E-state index contributed by atoms with van der Waals surface area (Å²) in [7, 11) is 0.0472. The van der Waals surface area contributed by atoms with Crippen molar-refractivity contribution in [2.45, 2.75) is 30.3 Å². The Kier molecular flexibility index (Phi) is 3.96. The first-order valence-corrected chi connectivity index (χ1v) is 7.69. The maximum Gasteiger partial charge on any atom is 0.243 e. The van der Waals surface area contributed by atoms with Gasteiger partial charge in [-0.25, -0.2) is 8.42 Å². The summed E-state index contributed by atoms with van der Waals surface area (Å²) >= 11 is 6.09. The SMILES string of the molecule is CNCc1ccc(S(=O)(=O)N(C)C2CC2)cc1Cl. The standard InChI is InChI=1S/C12H17ClN2O2S/c1-14-8-9-3-6-11(7-12(9)13)18(16,17)15(2)10-4-5-10/h3,6-7,10,14H,4-5,8H2,1-2H3. The van der Waals surface area contributed by atoms with Crippen LogP contribution < -0.4 is 5.32 Å². The third-order valence-electron chi connectivity index (χ3n) is 3.13. The molecular weight excluding hydrogens is 272 g/mol. The Bertz CT molecular complexity index is 541. The highest BCUT2D eigenvalue weighted by atomic mass is 35.5. The lowest BCUT2D eigenvalue weighted by atomic mass is 10.2. The molecule has 1 aromatic carbocycles. The fraction of sp³-hybridized carbons (Fsp3) is 0.500. The van der Waals surface area contributed by atoms with Crippen molar-refractivity contribution in [2.75, 3.05) is 14.1 Å². The summed E-state index contributed by atoms with van der Waals surface area (Å²) < 4.78 is 26.0. The van der Waals surface area contributed by atoms with E-state index in [1.165, 1.54) is 10.4 Å². The van der Waals surface area contributed by atoms with Gasteiger partial charge in [0.05, 0.1) is 4.90 Å². The van der Waals surface area contributed by atoms with E-state index in [0.29, 0.717) is 11.6 Å². The summed E-state index contributed by atoms with van der Waals surface area (Å²) in [4.78, 5) is 0.266. The van der Waals surface area contributed by atoms with E-state index in [0.717, 1.165) is 18.4 Å². The van der Waals surface area contributed by atoms with Crippen LogP contribution in [0.1, 0.15) is 18.4 Å². The van der Waals surface area contributed by atoms with Crippen LogP contribution in [0.3, 0.4) is 0 Å². The molecule has 0 saturated heterocycles. The second-order valence-corrected chi connectivity index (χ2v) is 6.94. The Morgan fingerprint density at radius 3 is 2.61 bits per heavy atom. The fourth-order valence-electron chi connectivity index (χ4n) is 1.82. The van der Waals surface area contributed by atoms with Crippen LogP contribution in [0.25, 0.3) is 0 Å². The zero-order chi connectivity index (χ0) is 13.3. The van der Waals surface area contributed by atoms with E-state index in [1.54, 1.807) is 19.2 Å². The van der Waals surface area contributed by atoms with Gasteiger partial charge in [-0.3, -0.25) is 0 Å². The molecule has 0 radical (unpaired) electrons. The predicted molar refractivity (Wildman–Crippen MR) is 72.2 cm³/mol. The molecule has 0 aromatic heterocycles. The Hall–Kier alpha value is -0.620. The molecule has 0 amide bonds. The van der Waals surface area contributed by atoms with Gasteiger partial charge in [-0.15, -0.1) is 0 Å². The average Bonchev–Trinajstić information content (AvgIpc) is 3.15. The zero-order valence-corrected chi connectivity index (χ0v) is 12.1. The van der Waals surface area contributed by atoms with Crippen LogP contribution in [0.4, 0.5) is 0 Å². The lowest BCUT2D eigenvalue weighted by Crippen LogP contribution is -2.29. The number of halogens is 1. The molecule has 0 bridgehead atoms. The first kappa shape index (κ1) is 13.8. The molecule has 1 saturated carbocycles. The molecule has 4 nitrogen and oxygen atoms in total. The van der Waals surface area contributed by atoms with Crippen LogP contribution in [0, 0.1) is 0 Å². The number of nitrogens with one attached hydrogen (secondary N) is 1. The highest BCUT2D eigenvalue weighted by molar-refractivity contribution is 7.89. The third-order valence-corrected chi connectivity index (χ3v) is 5.39. The molecule has 1 fully saturated rings. The van der Waals surface area contributed by atoms with Gasteiger partial charge in [0.2, 0.25) is 10.0 Å². The van der Waals surface area contributed by atoms with Crippen molar-refractivity contribution in [3.63, 3.8) is 0 Å². The molecule has 0 unspecified atom stereocenters. The van der Waals surface area contributed by atoms with E-state index in [4.69, 9.17) is 11.6 Å². The van der Waals surface area contributed by atoms with Crippen LogP contribution >= 0.6 is 11.6 Å². The Morgan fingerprint density at radius 2 is 2.11 bits per heavy atom. The first-order valence-electron chi connectivity index (χ1n) is 5.88. The number of rotatable bonds is 5. The number of hydrogen-bond acceptors (Lipinski definition) is 3. The summed E-state index contributed by atoms with van der Waals surface area (Å²) in [6.07, 6.45) is 1.89. The highest BCUT2D eigenvalue weighted by Crippen LogP contribution is 2.31. The minimum Gasteiger partial charge on any atom is -0.316 e. The van der Waals surface area contributed by atoms with Gasteiger partial charge in [0.25, 0.3) is 0 Å². The van der Waals surface area contributed by atoms with Crippen molar-refractivity contribution in [3.8, 4) is 0 Å². The smallest absolute Gasteiger partial charge is 0.243 e. The van der Waals surface area contributed by atoms with Gasteiger partial charge in [-0.05, 0) is 37.6 Å². The predicted octanol–water partition coefficient (Wildman–Crippen LogP) is 1.84. The minimum absolute atomic E-state index is 0.158. The quantitative estimate of drug-likeness (QED) is 0.899. The molecule has 1 aromatic rings. The topological polar surface area (TPSA) is 49.4 Å². The van der Waals surface area contributed by atoms with Crippen LogP contribution in [-0.4, -0.2) is 32.9 Å². The molecular formula is C12H17ClN2O2S. The molecule has 2 rings (SSSR count). The monoisotopic (exact) mass is 288 g/mol. The van der Waals surface area contributed by atoms with E-state index >= 15 is 0 Å². The first-order chi connectivity index (χ1) is 8.46. The summed E-state index contributed by atoms with van der Waals surface area (Å²) in [5, 5.41) is 3.47. The van der Waals surface area contributed by atoms with E-state index in [9.17, 15) is 8.42 Å². The van der Waals surface area contributed by atoms with Crippen molar-refractivity contribution < 1.29 is 8.42 Å². The second-order valence-electron chi connectivity index (χ2n) is 4.54. The normalized spacial score (nSPS) is 16.2. The molecule has 0 atom stereocenters. The molecule has 6 heteroatoms. The molecule has 0 spiro atoms. The van der Waals surface area contributed by atoms with Gasteiger partial charge in [0.1, 0.15) is 0 Å². The van der Waals surface area contributed by atoms with Gasteiger partial charge < -0.3 is 5.32 Å². The number of sulfonamides is 1. The number of benzene rings is 1. The Labute approximate surface area is 113 Å². The number of hydrogen-bond donors (Lipinski definition) is 1. The summed E-state index contributed by atoms with van der Waals surface area (Å²) in [6.45, 7) is 0.623. The van der Waals surface area contributed by atoms with Gasteiger partial charge in [-0.1, -0.05) is 17.7 Å². The van der Waals surface area contributed by atoms with Gasteiger partial charge >= 0.3 is 0 Å². The van der Waals surface area contributed by atoms with Crippen LogP contribution in [0.5, 0.6) is 0 Å². The molecule has 1 aliphatic rings. The lowest BCUT2D eigenvalue weighted by molar-refractivity contribution is 0.464. The zero-order valence-electron chi connectivity index (χ0n) is 10.5. The van der Waals surface area contributed by atoms with Crippen LogP contribution in [-0.2, 0) is 16.6 Å². The molecule has 1 N–H and O–H groups in total. The van der Waals surface area contributed by atoms with Crippen molar-refractivity contribution in [2.24, 2.45) is 0 Å². The maximum atomic E-state index is 12.3. The second kappa shape index (κ2) is 5.17. The van der Waals surface area contributed by atoms with E-state index in [2.05, 4.69) is 5.32 Å². The van der Waals surface area contributed by atoms with Gasteiger partial charge in [0, 0.05) is 24.7 Å². The Balaban J connectivity index is 2.30. The number of nitrogens with zero attached hydrogens (tertiary/aromatic N) is 1. The van der Waals surface area contributed by atoms with Gasteiger partial charge in [-0.2, -0.15) is 4.31 Å². The van der Waals surface area contributed by atoms with Crippen molar-refractivity contribution in [3.05, 3.63) is 28.8 Å². The summed E-state index contributed by atoms with van der Waals surface area (Å²) in [5.74, 6) is 0. The van der Waals surface area contributed by atoms with E-state index in [1.807, 2.05) is 7.05 Å². The highest BCUT2D eigenvalue weighted by Gasteiger charge is 2.35. The molecule has 0 heterocycles. The van der Waals surface area contributed by atoms with Crippen molar-refractivity contribution >= 4 is 21.6 Å². The van der Waals surface area contributed by atoms with Crippen LogP contribution in [0.2, 0.25) is 5.02 Å². The molecule has 0 aliphatic heterocycles. The Morgan fingerprint density at radius 1 is 1.44 bits per heavy atom. The minimum atomic E-state index is -3.40.